The predicted octanol–water partition coefficient (Wildman–Crippen LogP) is 1.62. The highest BCUT2D eigenvalue weighted by Crippen LogP contribution is 2.59. The molecule has 0 aromatic carbocycles. The molecule has 0 saturated heterocycles. The van der Waals surface area contributed by atoms with E-state index in [2.05, 4.69) is 6.92 Å². The van der Waals surface area contributed by atoms with Gasteiger partial charge in [-0.25, -0.2) is 4.79 Å². The van der Waals surface area contributed by atoms with Gasteiger partial charge in [-0.15, -0.1) is 0 Å². The van der Waals surface area contributed by atoms with Gasteiger partial charge in [0, 0.05) is 12.5 Å². The minimum absolute atomic E-state index is 0.0616. The molecule has 0 unspecified atom stereocenters. The van der Waals surface area contributed by atoms with Crippen LogP contribution < -0.4 is 0 Å². The number of ketones is 1. The Morgan fingerprint density at radius 3 is 2.80 bits per heavy atom. The first-order chi connectivity index (χ1) is 7.06. The van der Waals surface area contributed by atoms with E-state index in [-0.39, 0.29) is 23.1 Å². The van der Waals surface area contributed by atoms with E-state index >= 15 is 0 Å². The standard InChI is InChI=1S/C12H14O3/c1-11-4-2-8(13)10(11)12(7-6-11)5-3-9(14)15-12/h3,5,10H,2,4,6-7H2,1H3/t10-,11-,12+/m1/s1. The molecule has 1 heterocycles. The molecular formula is C12H14O3. The summed E-state index contributed by atoms with van der Waals surface area (Å²) >= 11 is 0. The number of esters is 1. The average molecular weight is 206 g/mol. The summed E-state index contributed by atoms with van der Waals surface area (Å²) in [5.41, 5.74) is -0.522. The fourth-order valence-electron chi connectivity index (χ4n) is 3.60. The molecular weight excluding hydrogens is 192 g/mol. The normalized spacial score (nSPS) is 47.7. The second-order valence-corrected chi connectivity index (χ2v) is 5.26. The molecule has 0 bridgehead atoms. The lowest BCUT2D eigenvalue weighted by Gasteiger charge is -2.30. The van der Waals surface area contributed by atoms with Gasteiger partial charge in [-0.05, 0) is 30.8 Å². The van der Waals surface area contributed by atoms with Crippen LogP contribution in [0.5, 0.6) is 0 Å². The maximum absolute atomic E-state index is 11.9. The molecule has 1 spiro atoms. The van der Waals surface area contributed by atoms with Crippen LogP contribution >= 0.6 is 0 Å². The molecule has 3 aliphatic rings. The zero-order chi connectivity index (χ0) is 10.7. The van der Waals surface area contributed by atoms with E-state index in [1.54, 1.807) is 0 Å². The molecule has 0 radical (unpaired) electrons. The molecule has 15 heavy (non-hydrogen) atoms. The Bertz CT molecular complexity index is 384. The Kier molecular flexibility index (Phi) is 1.53. The van der Waals surface area contributed by atoms with E-state index in [1.807, 2.05) is 6.08 Å². The minimum Gasteiger partial charge on any atom is -0.451 e. The summed E-state index contributed by atoms with van der Waals surface area (Å²) in [4.78, 5) is 23.1. The molecule has 0 amide bonds. The zero-order valence-electron chi connectivity index (χ0n) is 8.79. The van der Waals surface area contributed by atoms with Crippen molar-refractivity contribution in [1.29, 1.82) is 0 Å². The van der Waals surface area contributed by atoms with Crippen molar-refractivity contribution in [2.75, 3.05) is 0 Å². The SMILES string of the molecule is C[C@]12CCC(=O)[C@H]1[C@]1(C=CC(=O)O1)CC2. The number of hydrogen-bond donors (Lipinski definition) is 0. The third-order valence-electron chi connectivity index (χ3n) is 4.33. The van der Waals surface area contributed by atoms with Gasteiger partial charge >= 0.3 is 5.97 Å². The molecule has 3 nitrogen and oxygen atoms in total. The van der Waals surface area contributed by atoms with E-state index < -0.39 is 5.60 Å². The first-order valence-electron chi connectivity index (χ1n) is 5.51. The highest BCUT2D eigenvalue weighted by atomic mass is 16.6. The fraction of sp³-hybridized carbons (Fsp3) is 0.667. The van der Waals surface area contributed by atoms with Crippen LogP contribution in [0, 0.1) is 11.3 Å². The van der Waals surface area contributed by atoms with Crippen molar-refractivity contribution in [2.45, 2.75) is 38.2 Å². The van der Waals surface area contributed by atoms with E-state index in [0.717, 1.165) is 19.3 Å². The third kappa shape index (κ3) is 1.01. The summed E-state index contributed by atoms with van der Waals surface area (Å²) in [6, 6.07) is 0. The number of ether oxygens (including phenoxy) is 1. The van der Waals surface area contributed by atoms with Crippen molar-refractivity contribution in [3.63, 3.8) is 0 Å². The highest BCUT2D eigenvalue weighted by Gasteiger charge is 2.62. The Labute approximate surface area is 88.5 Å². The number of hydrogen-bond acceptors (Lipinski definition) is 3. The summed E-state index contributed by atoms with van der Waals surface area (Å²) < 4.78 is 5.39. The van der Waals surface area contributed by atoms with Gasteiger partial charge in [0.2, 0.25) is 0 Å². The van der Waals surface area contributed by atoms with Gasteiger partial charge in [-0.1, -0.05) is 6.92 Å². The molecule has 3 rings (SSSR count). The summed E-state index contributed by atoms with van der Waals surface area (Å²) in [7, 11) is 0. The second kappa shape index (κ2) is 2.52. The van der Waals surface area contributed by atoms with Gasteiger partial charge < -0.3 is 4.74 Å². The van der Waals surface area contributed by atoms with Crippen molar-refractivity contribution >= 4 is 11.8 Å². The van der Waals surface area contributed by atoms with E-state index in [1.165, 1.54) is 6.08 Å². The summed E-state index contributed by atoms with van der Waals surface area (Å²) in [6.07, 6.45) is 6.67. The molecule has 2 aliphatic carbocycles. The van der Waals surface area contributed by atoms with E-state index in [9.17, 15) is 9.59 Å². The number of fused-ring (bicyclic) bond motifs is 2. The van der Waals surface area contributed by atoms with Crippen LogP contribution in [0.15, 0.2) is 12.2 Å². The Morgan fingerprint density at radius 2 is 2.13 bits per heavy atom. The molecule has 3 heteroatoms. The molecule has 1 aliphatic heterocycles. The molecule has 2 fully saturated rings. The van der Waals surface area contributed by atoms with Crippen LogP contribution in [0.3, 0.4) is 0 Å². The quantitative estimate of drug-likeness (QED) is 0.566. The predicted molar refractivity (Wildman–Crippen MR) is 53.0 cm³/mol. The first kappa shape index (κ1) is 9.13. The largest absolute Gasteiger partial charge is 0.451 e. The van der Waals surface area contributed by atoms with Crippen LogP contribution in [0.1, 0.15) is 32.6 Å². The van der Waals surface area contributed by atoms with Crippen molar-refractivity contribution in [3.05, 3.63) is 12.2 Å². The smallest absolute Gasteiger partial charge is 0.331 e. The van der Waals surface area contributed by atoms with Crippen molar-refractivity contribution in [3.8, 4) is 0 Å². The van der Waals surface area contributed by atoms with E-state index in [0.29, 0.717) is 6.42 Å². The fourth-order valence-corrected chi connectivity index (χ4v) is 3.60. The topological polar surface area (TPSA) is 43.4 Å². The number of rotatable bonds is 0. The number of carbonyl (C=O) groups is 2. The summed E-state index contributed by atoms with van der Waals surface area (Å²) in [5.74, 6) is -0.110. The Hall–Kier alpha value is -1.12. The molecule has 0 aromatic rings. The summed E-state index contributed by atoms with van der Waals surface area (Å²) in [5, 5.41) is 0. The minimum atomic E-state index is -0.584. The molecule has 0 N–H and O–H groups in total. The molecule has 2 saturated carbocycles. The van der Waals surface area contributed by atoms with Crippen molar-refractivity contribution in [1.82, 2.24) is 0 Å². The van der Waals surface area contributed by atoms with Crippen LogP contribution in [0.25, 0.3) is 0 Å². The van der Waals surface area contributed by atoms with E-state index in [4.69, 9.17) is 4.74 Å². The maximum Gasteiger partial charge on any atom is 0.331 e. The lowest BCUT2D eigenvalue weighted by molar-refractivity contribution is -0.151. The Balaban J connectivity index is 2.04. The maximum atomic E-state index is 11.9. The van der Waals surface area contributed by atoms with Gasteiger partial charge in [-0.3, -0.25) is 4.79 Å². The zero-order valence-corrected chi connectivity index (χ0v) is 8.79. The van der Waals surface area contributed by atoms with Crippen molar-refractivity contribution in [2.24, 2.45) is 11.3 Å². The summed E-state index contributed by atoms with van der Waals surface area (Å²) in [6.45, 7) is 2.15. The number of carbonyl (C=O) groups excluding carboxylic acids is 2. The first-order valence-corrected chi connectivity index (χ1v) is 5.51. The highest BCUT2D eigenvalue weighted by molar-refractivity contribution is 5.90. The Morgan fingerprint density at radius 1 is 1.33 bits per heavy atom. The number of Topliss-reactive ketones (excluding diaryl/α,β-unsaturated/α-hetero) is 1. The average Bonchev–Trinajstić information content (AvgIpc) is 2.76. The van der Waals surface area contributed by atoms with Crippen LogP contribution in [0.4, 0.5) is 0 Å². The second-order valence-electron chi connectivity index (χ2n) is 5.26. The van der Waals surface area contributed by atoms with Crippen LogP contribution in [-0.2, 0) is 14.3 Å². The van der Waals surface area contributed by atoms with Crippen molar-refractivity contribution < 1.29 is 14.3 Å². The van der Waals surface area contributed by atoms with Gasteiger partial charge in [-0.2, -0.15) is 0 Å². The molecule has 3 atom stereocenters. The van der Waals surface area contributed by atoms with Gasteiger partial charge in [0.1, 0.15) is 11.4 Å². The lowest BCUT2D eigenvalue weighted by Crippen LogP contribution is -2.39. The van der Waals surface area contributed by atoms with Gasteiger partial charge in [0.25, 0.3) is 0 Å². The third-order valence-corrected chi connectivity index (χ3v) is 4.33. The monoisotopic (exact) mass is 206 g/mol. The lowest BCUT2D eigenvalue weighted by atomic mass is 9.78. The van der Waals surface area contributed by atoms with Gasteiger partial charge in [0.15, 0.2) is 0 Å². The van der Waals surface area contributed by atoms with Gasteiger partial charge in [0.05, 0.1) is 5.92 Å². The molecule has 0 aromatic heterocycles. The van der Waals surface area contributed by atoms with Crippen LogP contribution in [0.2, 0.25) is 0 Å². The molecule has 80 valence electrons. The van der Waals surface area contributed by atoms with Crippen LogP contribution in [-0.4, -0.2) is 17.4 Å².